The SMILES string of the molecule is CCCCN1C=C(c2cc(F)c(OC3CCN(CCC4CCNCC4)CC3)c(F)c2)c2ccncc2C1. The number of piperidine rings is 2. The molecule has 3 aliphatic rings. The number of nitrogens with one attached hydrogen (secondary N) is 1. The fourth-order valence-corrected chi connectivity index (χ4v) is 5.85. The molecule has 200 valence electrons. The lowest BCUT2D eigenvalue weighted by Crippen LogP contribution is -2.40. The fraction of sp³-hybridized carbons (Fsp3) is 0.567. The summed E-state index contributed by atoms with van der Waals surface area (Å²) in [4.78, 5) is 8.95. The molecule has 5 rings (SSSR count). The van der Waals surface area contributed by atoms with E-state index in [9.17, 15) is 0 Å². The molecule has 2 aromatic rings. The lowest BCUT2D eigenvalue weighted by Gasteiger charge is -2.33. The van der Waals surface area contributed by atoms with Gasteiger partial charge < -0.3 is 19.9 Å². The summed E-state index contributed by atoms with van der Waals surface area (Å²) in [6, 6.07) is 4.77. The van der Waals surface area contributed by atoms with Crippen molar-refractivity contribution in [3.05, 3.63) is 65.1 Å². The van der Waals surface area contributed by atoms with E-state index < -0.39 is 11.6 Å². The summed E-state index contributed by atoms with van der Waals surface area (Å²) in [5.41, 5.74) is 3.41. The number of halogens is 2. The van der Waals surface area contributed by atoms with E-state index in [1.165, 1.54) is 31.4 Å². The Morgan fingerprint density at radius 1 is 1.05 bits per heavy atom. The van der Waals surface area contributed by atoms with Crippen LogP contribution in [0.25, 0.3) is 5.57 Å². The van der Waals surface area contributed by atoms with Crippen molar-refractivity contribution in [2.45, 2.75) is 64.5 Å². The van der Waals surface area contributed by atoms with Crippen molar-refractivity contribution in [2.24, 2.45) is 5.92 Å². The third-order valence-electron chi connectivity index (χ3n) is 8.12. The number of aromatic nitrogens is 1. The molecule has 7 heteroatoms. The van der Waals surface area contributed by atoms with Gasteiger partial charge in [-0.2, -0.15) is 0 Å². The van der Waals surface area contributed by atoms with Gasteiger partial charge in [-0.15, -0.1) is 0 Å². The van der Waals surface area contributed by atoms with Crippen LogP contribution in [0, 0.1) is 17.6 Å². The standard InChI is InChI=1S/C30H40F2N4O/c1-2-3-13-36-20-24-19-34-12-6-26(24)27(21-36)23-17-28(31)30(29(32)18-23)37-25-8-15-35(16-9-25)14-7-22-4-10-33-11-5-22/h6,12,17-19,21-22,25,33H,2-5,7-11,13-16,20H2,1H3. The average molecular weight is 511 g/mol. The van der Waals surface area contributed by atoms with E-state index in [4.69, 9.17) is 4.74 Å². The zero-order chi connectivity index (χ0) is 25.6. The molecule has 1 aromatic carbocycles. The molecule has 0 atom stereocenters. The first kappa shape index (κ1) is 26.1. The largest absolute Gasteiger partial charge is 0.484 e. The van der Waals surface area contributed by atoms with Gasteiger partial charge in [0, 0.05) is 50.3 Å². The van der Waals surface area contributed by atoms with Gasteiger partial charge in [-0.05, 0) is 99.0 Å². The number of benzene rings is 1. The Kier molecular flexibility index (Phi) is 8.72. The second-order valence-electron chi connectivity index (χ2n) is 10.8. The smallest absolute Gasteiger partial charge is 0.191 e. The number of hydrogen-bond donors (Lipinski definition) is 1. The van der Waals surface area contributed by atoms with Gasteiger partial charge >= 0.3 is 0 Å². The topological polar surface area (TPSA) is 40.6 Å². The summed E-state index contributed by atoms with van der Waals surface area (Å²) < 4.78 is 36.5. The van der Waals surface area contributed by atoms with Gasteiger partial charge in [-0.1, -0.05) is 13.3 Å². The molecule has 0 spiro atoms. The van der Waals surface area contributed by atoms with Gasteiger partial charge in [0.25, 0.3) is 0 Å². The van der Waals surface area contributed by atoms with E-state index in [0.717, 1.165) is 94.1 Å². The molecule has 37 heavy (non-hydrogen) atoms. The highest BCUT2D eigenvalue weighted by Crippen LogP contribution is 2.35. The molecule has 0 aliphatic carbocycles. The van der Waals surface area contributed by atoms with Crippen LogP contribution in [0.3, 0.4) is 0 Å². The minimum absolute atomic E-state index is 0.157. The minimum Gasteiger partial charge on any atom is -0.484 e. The molecular weight excluding hydrogens is 470 g/mol. The van der Waals surface area contributed by atoms with Crippen molar-refractivity contribution >= 4 is 5.57 Å². The predicted molar refractivity (Wildman–Crippen MR) is 143 cm³/mol. The second-order valence-corrected chi connectivity index (χ2v) is 10.8. The Balaban J connectivity index is 1.23. The zero-order valence-corrected chi connectivity index (χ0v) is 22.0. The Morgan fingerprint density at radius 3 is 2.54 bits per heavy atom. The number of hydrogen-bond acceptors (Lipinski definition) is 5. The van der Waals surface area contributed by atoms with Gasteiger partial charge in [0.05, 0.1) is 0 Å². The van der Waals surface area contributed by atoms with Gasteiger partial charge in [0.2, 0.25) is 0 Å². The molecule has 0 unspecified atom stereocenters. The van der Waals surface area contributed by atoms with Gasteiger partial charge in [-0.3, -0.25) is 4.98 Å². The normalized spacial score (nSPS) is 19.5. The van der Waals surface area contributed by atoms with Crippen molar-refractivity contribution in [3.63, 3.8) is 0 Å². The third-order valence-corrected chi connectivity index (χ3v) is 8.12. The summed E-state index contributed by atoms with van der Waals surface area (Å²) in [6.07, 6.45) is 13.0. The van der Waals surface area contributed by atoms with E-state index in [1.54, 1.807) is 6.20 Å². The zero-order valence-electron chi connectivity index (χ0n) is 22.0. The van der Waals surface area contributed by atoms with Crippen LogP contribution in [0.15, 0.2) is 36.8 Å². The van der Waals surface area contributed by atoms with E-state index in [-0.39, 0.29) is 11.9 Å². The monoisotopic (exact) mass is 510 g/mol. The summed E-state index contributed by atoms with van der Waals surface area (Å²) >= 11 is 0. The Labute approximate surface area is 219 Å². The van der Waals surface area contributed by atoms with Crippen molar-refractivity contribution in [1.29, 1.82) is 0 Å². The van der Waals surface area contributed by atoms with Crippen LogP contribution < -0.4 is 10.1 Å². The molecule has 2 fully saturated rings. The van der Waals surface area contributed by atoms with Crippen LogP contribution >= 0.6 is 0 Å². The van der Waals surface area contributed by atoms with Crippen LogP contribution in [0.4, 0.5) is 8.78 Å². The first-order chi connectivity index (χ1) is 18.1. The molecule has 3 aliphatic heterocycles. The van der Waals surface area contributed by atoms with Crippen molar-refractivity contribution in [3.8, 4) is 5.75 Å². The molecule has 1 aromatic heterocycles. The van der Waals surface area contributed by atoms with Gasteiger partial charge in [-0.25, -0.2) is 8.78 Å². The van der Waals surface area contributed by atoms with Gasteiger partial charge in [0.15, 0.2) is 17.4 Å². The first-order valence-electron chi connectivity index (χ1n) is 14.1. The molecule has 0 amide bonds. The van der Waals surface area contributed by atoms with E-state index in [0.29, 0.717) is 5.56 Å². The number of pyridine rings is 1. The van der Waals surface area contributed by atoms with Gasteiger partial charge in [0.1, 0.15) is 6.10 Å². The highest BCUT2D eigenvalue weighted by molar-refractivity contribution is 5.82. The Morgan fingerprint density at radius 2 is 1.81 bits per heavy atom. The molecule has 4 heterocycles. The van der Waals surface area contributed by atoms with Crippen LogP contribution in [-0.2, 0) is 6.54 Å². The quantitative estimate of drug-likeness (QED) is 0.476. The number of ether oxygens (including phenoxy) is 1. The van der Waals surface area contributed by atoms with Crippen LogP contribution in [0.2, 0.25) is 0 Å². The molecule has 2 saturated heterocycles. The van der Waals surface area contributed by atoms with Crippen molar-refractivity contribution in [2.75, 3.05) is 39.3 Å². The lowest BCUT2D eigenvalue weighted by molar-refractivity contribution is 0.0893. The highest BCUT2D eigenvalue weighted by atomic mass is 19.1. The number of unbranched alkanes of at least 4 members (excludes halogenated alkanes) is 1. The minimum atomic E-state index is -0.634. The van der Waals surface area contributed by atoms with Crippen LogP contribution in [0.5, 0.6) is 5.75 Å². The summed E-state index contributed by atoms with van der Waals surface area (Å²) in [7, 11) is 0. The average Bonchev–Trinajstić information content (AvgIpc) is 2.93. The molecule has 0 saturated carbocycles. The Hall–Kier alpha value is -2.51. The maximum Gasteiger partial charge on any atom is 0.191 e. The Bertz CT molecular complexity index is 1050. The van der Waals surface area contributed by atoms with Crippen molar-refractivity contribution < 1.29 is 13.5 Å². The summed E-state index contributed by atoms with van der Waals surface area (Å²) in [5.74, 6) is -0.694. The molecule has 0 bridgehead atoms. The summed E-state index contributed by atoms with van der Waals surface area (Å²) in [5, 5.41) is 3.43. The lowest BCUT2D eigenvalue weighted by atomic mass is 9.92. The van der Waals surface area contributed by atoms with Crippen molar-refractivity contribution in [1.82, 2.24) is 20.1 Å². The molecule has 5 nitrogen and oxygen atoms in total. The van der Waals surface area contributed by atoms with Crippen LogP contribution in [-0.4, -0.2) is 60.2 Å². The fourth-order valence-electron chi connectivity index (χ4n) is 5.85. The summed E-state index contributed by atoms with van der Waals surface area (Å²) in [6.45, 7) is 9.03. The third kappa shape index (κ3) is 6.50. The number of likely N-dealkylation sites (tertiary alicyclic amines) is 1. The molecular formula is C30H40F2N4O. The molecule has 1 N–H and O–H groups in total. The number of nitrogens with zero attached hydrogens (tertiary/aromatic N) is 3. The second kappa shape index (κ2) is 12.4. The number of fused-ring (bicyclic) bond motifs is 1. The first-order valence-corrected chi connectivity index (χ1v) is 14.1. The van der Waals surface area contributed by atoms with Crippen LogP contribution in [0.1, 0.15) is 68.6 Å². The maximum absolute atomic E-state index is 15.3. The van der Waals surface area contributed by atoms with E-state index in [2.05, 4.69) is 27.0 Å². The maximum atomic E-state index is 15.3. The number of rotatable bonds is 9. The predicted octanol–water partition coefficient (Wildman–Crippen LogP) is 5.60. The highest BCUT2D eigenvalue weighted by Gasteiger charge is 2.26. The van der Waals surface area contributed by atoms with E-state index >= 15 is 8.78 Å². The van der Waals surface area contributed by atoms with E-state index in [1.807, 2.05) is 18.5 Å². The molecule has 0 radical (unpaired) electrons.